The van der Waals surface area contributed by atoms with E-state index >= 15 is 0 Å². The maximum Gasteiger partial charge on any atom is 0.433 e. The Morgan fingerprint density at radius 3 is 2.60 bits per heavy atom. The third-order valence-corrected chi connectivity index (χ3v) is 5.69. The minimum absolute atomic E-state index is 0.0248. The summed E-state index contributed by atoms with van der Waals surface area (Å²) in [5.41, 5.74) is -0.412. The molecule has 158 valence electrons. The standard InChI is InChI=1S/C21H20ClF3N4O/c1-2-15-5-3-4-10-28(15)20(30)17-12-19-26-16(13-6-8-14(22)9-7-13)11-18(21(23,24)25)29(19)27-17/h6-9,11-12,15H,2-5,10H2,1H3/t15-/m0/s1. The van der Waals surface area contributed by atoms with Gasteiger partial charge in [0, 0.05) is 29.2 Å². The Morgan fingerprint density at radius 2 is 1.93 bits per heavy atom. The minimum atomic E-state index is -4.66. The molecular weight excluding hydrogens is 417 g/mol. The van der Waals surface area contributed by atoms with Crippen LogP contribution >= 0.6 is 11.6 Å². The van der Waals surface area contributed by atoms with E-state index in [4.69, 9.17) is 11.6 Å². The molecule has 9 heteroatoms. The van der Waals surface area contributed by atoms with Gasteiger partial charge in [0.25, 0.3) is 5.91 Å². The Kier molecular flexibility index (Phi) is 5.44. The predicted molar refractivity (Wildman–Crippen MR) is 107 cm³/mol. The number of fused-ring (bicyclic) bond motifs is 1. The molecule has 1 saturated heterocycles. The van der Waals surface area contributed by atoms with Crippen LogP contribution in [0.5, 0.6) is 0 Å². The Hall–Kier alpha value is -2.61. The van der Waals surface area contributed by atoms with Gasteiger partial charge in [-0.1, -0.05) is 30.7 Å². The number of piperidine rings is 1. The quantitative estimate of drug-likeness (QED) is 0.546. The molecule has 0 saturated carbocycles. The van der Waals surface area contributed by atoms with Crippen molar-refractivity contribution in [2.45, 2.75) is 44.8 Å². The van der Waals surface area contributed by atoms with Crippen LogP contribution in [0.1, 0.15) is 48.8 Å². The monoisotopic (exact) mass is 436 g/mol. The molecule has 2 aromatic heterocycles. The van der Waals surface area contributed by atoms with E-state index in [1.165, 1.54) is 6.07 Å². The van der Waals surface area contributed by atoms with Crippen molar-refractivity contribution >= 4 is 23.2 Å². The van der Waals surface area contributed by atoms with Crippen LogP contribution in [0.15, 0.2) is 36.4 Å². The molecule has 1 aliphatic rings. The first-order valence-corrected chi connectivity index (χ1v) is 10.2. The van der Waals surface area contributed by atoms with E-state index in [2.05, 4.69) is 10.1 Å². The zero-order valence-corrected chi connectivity index (χ0v) is 17.0. The summed E-state index contributed by atoms with van der Waals surface area (Å²) in [4.78, 5) is 19.1. The summed E-state index contributed by atoms with van der Waals surface area (Å²) in [6.45, 7) is 2.59. The first kappa shape index (κ1) is 20.7. The summed E-state index contributed by atoms with van der Waals surface area (Å²) in [6.07, 6.45) is -1.06. The third-order valence-electron chi connectivity index (χ3n) is 5.44. The second-order valence-electron chi connectivity index (χ2n) is 7.39. The number of carbonyl (C=O) groups is 1. The molecule has 1 atom stereocenters. The molecule has 1 aromatic carbocycles. The largest absolute Gasteiger partial charge is 0.433 e. The summed E-state index contributed by atoms with van der Waals surface area (Å²) in [5.74, 6) is -0.354. The molecule has 0 N–H and O–H groups in total. The van der Waals surface area contributed by atoms with E-state index in [0.29, 0.717) is 21.6 Å². The summed E-state index contributed by atoms with van der Waals surface area (Å²) in [7, 11) is 0. The van der Waals surface area contributed by atoms with E-state index in [1.54, 1.807) is 29.2 Å². The highest BCUT2D eigenvalue weighted by Gasteiger charge is 2.36. The Balaban J connectivity index is 1.81. The van der Waals surface area contributed by atoms with Crippen molar-refractivity contribution in [2.24, 2.45) is 0 Å². The number of rotatable bonds is 3. The van der Waals surface area contributed by atoms with Gasteiger partial charge in [0.05, 0.1) is 5.69 Å². The van der Waals surface area contributed by atoms with Crippen LogP contribution in [0.3, 0.4) is 0 Å². The van der Waals surface area contributed by atoms with Gasteiger partial charge < -0.3 is 4.90 Å². The van der Waals surface area contributed by atoms with Gasteiger partial charge in [0.15, 0.2) is 17.0 Å². The van der Waals surface area contributed by atoms with Crippen LogP contribution in [0, 0.1) is 0 Å². The fourth-order valence-corrected chi connectivity index (χ4v) is 4.01. The van der Waals surface area contributed by atoms with Crippen LogP contribution in [0.25, 0.3) is 16.9 Å². The molecular formula is C21H20ClF3N4O. The fourth-order valence-electron chi connectivity index (χ4n) is 3.89. The number of alkyl halides is 3. The van der Waals surface area contributed by atoms with Crippen LogP contribution in [-0.4, -0.2) is 38.0 Å². The summed E-state index contributed by atoms with van der Waals surface area (Å²) >= 11 is 5.88. The number of aromatic nitrogens is 3. The number of carbonyl (C=O) groups excluding carboxylic acids is 1. The second-order valence-corrected chi connectivity index (χ2v) is 7.82. The van der Waals surface area contributed by atoms with Crippen molar-refractivity contribution in [1.82, 2.24) is 19.5 Å². The van der Waals surface area contributed by atoms with Gasteiger partial charge in [0.1, 0.15) is 0 Å². The average Bonchev–Trinajstić information content (AvgIpc) is 3.16. The molecule has 4 rings (SSSR count). The first-order chi connectivity index (χ1) is 14.3. The van der Waals surface area contributed by atoms with E-state index < -0.39 is 11.9 Å². The highest BCUT2D eigenvalue weighted by Crippen LogP contribution is 2.33. The van der Waals surface area contributed by atoms with Crippen molar-refractivity contribution < 1.29 is 18.0 Å². The topological polar surface area (TPSA) is 50.5 Å². The lowest BCUT2D eigenvalue weighted by Gasteiger charge is -2.34. The maximum absolute atomic E-state index is 13.8. The molecule has 5 nitrogen and oxygen atoms in total. The van der Waals surface area contributed by atoms with Crippen LogP contribution in [0.4, 0.5) is 13.2 Å². The zero-order valence-electron chi connectivity index (χ0n) is 16.3. The van der Waals surface area contributed by atoms with Gasteiger partial charge in [-0.2, -0.15) is 18.3 Å². The molecule has 0 radical (unpaired) electrons. The number of nitrogens with zero attached hydrogens (tertiary/aromatic N) is 4. The number of likely N-dealkylation sites (tertiary alicyclic amines) is 1. The second kappa shape index (κ2) is 7.91. The van der Waals surface area contributed by atoms with Crippen LogP contribution < -0.4 is 0 Å². The number of amides is 1. The first-order valence-electron chi connectivity index (χ1n) is 9.83. The Morgan fingerprint density at radius 1 is 1.20 bits per heavy atom. The summed E-state index contributed by atoms with van der Waals surface area (Å²) in [5, 5.41) is 4.47. The normalized spacial score (nSPS) is 17.5. The highest BCUT2D eigenvalue weighted by atomic mass is 35.5. The molecule has 30 heavy (non-hydrogen) atoms. The van der Waals surface area contributed by atoms with Crippen molar-refractivity contribution in [3.63, 3.8) is 0 Å². The van der Waals surface area contributed by atoms with Gasteiger partial charge in [-0.05, 0) is 43.9 Å². The Labute approximate surface area is 176 Å². The predicted octanol–water partition coefficient (Wildman–Crippen LogP) is 5.47. The van der Waals surface area contributed by atoms with Gasteiger partial charge in [-0.15, -0.1) is 0 Å². The molecule has 0 spiro atoms. The summed E-state index contributed by atoms with van der Waals surface area (Å²) < 4.78 is 42.0. The van der Waals surface area contributed by atoms with Gasteiger partial charge in [0.2, 0.25) is 0 Å². The van der Waals surface area contributed by atoms with Crippen molar-refractivity contribution in [3.05, 3.63) is 52.8 Å². The van der Waals surface area contributed by atoms with Crippen LogP contribution in [0.2, 0.25) is 5.02 Å². The number of hydrogen-bond donors (Lipinski definition) is 0. The van der Waals surface area contributed by atoms with Gasteiger partial charge in [-0.3, -0.25) is 4.79 Å². The third kappa shape index (κ3) is 3.88. The molecule has 0 aliphatic carbocycles. The van der Waals surface area contributed by atoms with Crippen molar-refractivity contribution in [3.8, 4) is 11.3 Å². The molecule has 3 aromatic rings. The van der Waals surface area contributed by atoms with Gasteiger partial charge in [-0.25, -0.2) is 9.50 Å². The zero-order chi connectivity index (χ0) is 21.5. The smallest absolute Gasteiger partial charge is 0.334 e. The molecule has 0 bridgehead atoms. The molecule has 1 aliphatic heterocycles. The van der Waals surface area contributed by atoms with E-state index in [-0.39, 0.29) is 29.0 Å². The van der Waals surface area contributed by atoms with E-state index in [9.17, 15) is 18.0 Å². The number of hydrogen-bond acceptors (Lipinski definition) is 3. The SMILES string of the molecule is CC[C@H]1CCCCN1C(=O)c1cc2nc(-c3ccc(Cl)cc3)cc(C(F)(F)F)n2n1. The van der Waals surface area contributed by atoms with Gasteiger partial charge >= 0.3 is 6.18 Å². The number of halogens is 4. The molecule has 3 heterocycles. The lowest BCUT2D eigenvalue weighted by atomic mass is 9.99. The Bertz CT molecular complexity index is 1080. The van der Waals surface area contributed by atoms with E-state index in [1.807, 2.05) is 6.92 Å². The fraction of sp³-hybridized carbons (Fsp3) is 0.381. The lowest BCUT2D eigenvalue weighted by molar-refractivity contribution is -0.142. The average molecular weight is 437 g/mol. The van der Waals surface area contributed by atoms with Crippen molar-refractivity contribution in [1.29, 1.82) is 0 Å². The lowest BCUT2D eigenvalue weighted by Crippen LogP contribution is -2.43. The maximum atomic E-state index is 13.8. The summed E-state index contributed by atoms with van der Waals surface area (Å²) in [6, 6.07) is 8.72. The molecule has 1 fully saturated rings. The van der Waals surface area contributed by atoms with E-state index in [0.717, 1.165) is 31.7 Å². The molecule has 0 unspecified atom stereocenters. The number of benzene rings is 1. The molecule has 1 amide bonds. The van der Waals surface area contributed by atoms with Crippen molar-refractivity contribution in [2.75, 3.05) is 6.54 Å². The minimum Gasteiger partial charge on any atom is -0.334 e. The van der Waals surface area contributed by atoms with Crippen LogP contribution in [-0.2, 0) is 6.18 Å². The highest BCUT2D eigenvalue weighted by molar-refractivity contribution is 6.30.